The number of nitrogens with two attached hydrogens (primary N) is 1. The molecule has 0 aliphatic rings. The second kappa shape index (κ2) is 7.72. The molecular weight excluding hydrogens is 230 g/mol. The number of hydrogen-bond donors (Lipinski definition) is 2. The normalized spacial score (nSPS) is 13.3. The fourth-order valence-electron chi connectivity index (χ4n) is 1.46. The van der Waals surface area contributed by atoms with Crippen molar-refractivity contribution in [1.29, 1.82) is 0 Å². The maximum Gasteiger partial charge on any atom is 0.169 e. The van der Waals surface area contributed by atoms with Crippen LogP contribution >= 0.6 is 0 Å². The van der Waals surface area contributed by atoms with Gasteiger partial charge in [-0.2, -0.15) is 0 Å². The Morgan fingerprint density at radius 3 is 2.56 bits per heavy atom. The van der Waals surface area contributed by atoms with E-state index in [9.17, 15) is 5.11 Å². The molecule has 1 unspecified atom stereocenters. The Bertz CT molecular complexity index is 405. The van der Waals surface area contributed by atoms with E-state index in [0.29, 0.717) is 13.0 Å². The molecule has 0 aliphatic heterocycles. The standard InChI is InChI=1S/C14H19NO3/c1-3-4-9-18-12-7-5-11(6-8-12)10-13(15)14(16)17-2/h5-8,13-14,16H,9-10,15H2,1-2H3/t13-,14?/m0/s1. The molecule has 0 radical (unpaired) electrons. The van der Waals surface area contributed by atoms with Gasteiger partial charge < -0.3 is 20.3 Å². The van der Waals surface area contributed by atoms with Crippen LogP contribution in [0.4, 0.5) is 0 Å². The predicted octanol–water partition coefficient (Wildman–Crippen LogP) is 0.923. The van der Waals surface area contributed by atoms with Crippen molar-refractivity contribution < 1.29 is 14.6 Å². The number of rotatable bonds is 6. The van der Waals surface area contributed by atoms with Gasteiger partial charge in [0, 0.05) is 7.11 Å². The molecule has 1 aromatic carbocycles. The molecule has 0 saturated carbocycles. The van der Waals surface area contributed by atoms with Crippen molar-refractivity contribution in [2.75, 3.05) is 13.7 Å². The molecule has 0 amide bonds. The number of aliphatic hydroxyl groups excluding tert-OH is 1. The number of ether oxygens (including phenoxy) is 2. The summed E-state index contributed by atoms with van der Waals surface area (Å²) in [5.74, 6) is 6.35. The third-order valence-electron chi connectivity index (χ3n) is 2.49. The quantitative estimate of drug-likeness (QED) is 0.581. The van der Waals surface area contributed by atoms with Crippen LogP contribution in [0, 0.1) is 11.8 Å². The van der Waals surface area contributed by atoms with Crippen LogP contribution in [-0.2, 0) is 11.2 Å². The Kier molecular flexibility index (Phi) is 6.23. The van der Waals surface area contributed by atoms with Gasteiger partial charge in [0.1, 0.15) is 12.4 Å². The Labute approximate surface area is 108 Å². The van der Waals surface area contributed by atoms with Crippen LogP contribution in [0.5, 0.6) is 5.75 Å². The van der Waals surface area contributed by atoms with Gasteiger partial charge >= 0.3 is 0 Å². The highest BCUT2D eigenvalue weighted by molar-refractivity contribution is 5.28. The van der Waals surface area contributed by atoms with Crippen molar-refractivity contribution in [3.63, 3.8) is 0 Å². The average molecular weight is 249 g/mol. The van der Waals surface area contributed by atoms with Crippen molar-refractivity contribution in [1.82, 2.24) is 0 Å². The zero-order chi connectivity index (χ0) is 13.4. The first-order valence-corrected chi connectivity index (χ1v) is 5.75. The first-order chi connectivity index (χ1) is 8.67. The van der Waals surface area contributed by atoms with Gasteiger partial charge in [0.2, 0.25) is 0 Å². The molecule has 2 atom stereocenters. The second-order valence-corrected chi connectivity index (χ2v) is 3.85. The molecular formula is C14H19NO3. The lowest BCUT2D eigenvalue weighted by molar-refractivity contribution is -0.0890. The summed E-state index contributed by atoms with van der Waals surface area (Å²) in [6, 6.07) is 7.11. The zero-order valence-corrected chi connectivity index (χ0v) is 10.7. The van der Waals surface area contributed by atoms with E-state index in [-0.39, 0.29) is 0 Å². The van der Waals surface area contributed by atoms with E-state index in [1.54, 1.807) is 6.92 Å². The first kappa shape index (κ1) is 14.5. The molecule has 98 valence electrons. The van der Waals surface area contributed by atoms with Crippen molar-refractivity contribution in [2.45, 2.75) is 25.7 Å². The molecule has 1 rings (SSSR count). The van der Waals surface area contributed by atoms with Gasteiger partial charge in [-0.1, -0.05) is 18.1 Å². The molecule has 18 heavy (non-hydrogen) atoms. The van der Waals surface area contributed by atoms with Crippen LogP contribution in [0.15, 0.2) is 24.3 Å². The minimum Gasteiger partial charge on any atom is -0.481 e. The Balaban J connectivity index is 2.51. The molecule has 1 aromatic rings. The summed E-state index contributed by atoms with van der Waals surface area (Å²) in [4.78, 5) is 0. The maximum atomic E-state index is 9.40. The van der Waals surface area contributed by atoms with Crippen molar-refractivity contribution in [3.05, 3.63) is 29.8 Å². The Morgan fingerprint density at radius 1 is 1.33 bits per heavy atom. The topological polar surface area (TPSA) is 64.7 Å². The molecule has 4 heteroatoms. The summed E-state index contributed by atoms with van der Waals surface area (Å²) in [6.07, 6.45) is -0.398. The van der Waals surface area contributed by atoms with Crippen LogP contribution in [0.2, 0.25) is 0 Å². The SMILES string of the molecule is CC#CCOc1ccc(C[C@H](N)C(O)OC)cc1. The fourth-order valence-corrected chi connectivity index (χ4v) is 1.46. The van der Waals surface area contributed by atoms with Crippen LogP contribution in [0.25, 0.3) is 0 Å². The van der Waals surface area contributed by atoms with Gasteiger partial charge in [-0.15, -0.1) is 5.92 Å². The van der Waals surface area contributed by atoms with E-state index in [0.717, 1.165) is 11.3 Å². The zero-order valence-electron chi connectivity index (χ0n) is 10.7. The highest BCUT2D eigenvalue weighted by Crippen LogP contribution is 2.13. The molecule has 0 bridgehead atoms. The van der Waals surface area contributed by atoms with E-state index < -0.39 is 12.3 Å². The number of hydrogen-bond acceptors (Lipinski definition) is 4. The molecule has 0 spiro atoms. The Morgan fingerprint density at radius 2 is 2.00 bits per heavy atom. The van der Waals surface area contributed by atoms with E-state index in [1.165, 1.54) is 7.11 Å². The van der Waals surface area contributed by atoms with E-state index in [4.69, 9.17) is 15.2 Å². The summed E-state index contributed by atoms with van der Waals surface area (Å²) < 4.78 is 10.2. The third-order valence-corrected chi connectivity index (χ3v) is 2.49. The fraction of sp³-hybridized carbons (Fsp3) is 0.429. The lowest BCUT2D eigenvalue weighted by Crippen LogP contribution is -2.37. The average Bonchev–Trinajstić information content (AvgIpc) is 2.40. The predicted molar refractivity (Wildman–Crippen MR) is 70.1 cm³/mol. The Hall–Kier alpha value is -1.54. The van der Waals surface area contributed by atoms with Crippen LogP contribution in [0.3, 0.4) is 0 Å². The molecule has 0 saturated heterocycles. The van der Waals surface area contributed by atoms with Gasteiger partial charge in [0.15, 0.2) is 6.29 Å². The highest BCUT2D eigenvalue weighted by Gasteiger charge is 2.13. The van der Waals surface area contributed by atoms with Crippen LogP contribution in [-0.4, -0.2) is 31.2 Å². The molecule has 0 fully saturated rings. The van der Waals surface area contributed by atoms with Gasteiger partial charge in [-0.3, -0.25) is 0 Å². The van der Waals surface area contributed by atoms with Gasteiger partial charge in [0.25, 0.3) is 0 Å². The molecule has 3 N–H and O–H groups in total. The summed E-state index contributed by atoms with van der Waals surface area (Å²) in [6.45, 7) is 2.16. The lowest BCUT2D eigenvalue weighted by atomic mass is 10.1. The van der Waals surface area contributed by atoms with Gasteiger partial charge in [-0.25, -0.2) is 0 Å². The van der Waals surface area contributed by atoms with Gasteiger partial charge in [-0.05, 0) is 31.0 Å². The van der Waals surface area contributed by atoms with Crippen molar-refractivity contribution in [3.8, 4) is 17.6 Å². The van der Waals surface area contributed by atoms with E-state index in [2.05, 4.69) is 11.8 Å². The summed E-state index contributed by atoms with van der Waals surface area (Å²) in [5.41, 5.74) is 6.79. The summed E-state index contributed by atoms with van der Waals surface area (Å²) >= 11 is 0. The minimum absolute atomic E-state index is 0.387. The monoisotopic (exact) mass is 249 g/mol. The third kappa shape index (κ3) is 4.76. The molecule has 0 heterocycles. The largest absolute Gasteiger partial charge is 0.481 e. The minimum atomic E-state index is -0.944. The molecule has 0 aliphatic carbocycles. The second-order valence-electron chi connectivity index (χ2n) is 3.85. The first-order valence-electron chi connectivity index (χ1n) is 5.75. The lowest BCUT2D eigenvalue weighted by Gasteiger charge is -2.17. The van der Waals surface area contributed by atoms with Crippen molar-refractivity contribution in [2.24, 2.45) is 5.73 Å². The summed E-state index contributed by atoms with van der Waals surface area (Å²) in [5, 5.41) is 9.40. The maximum absolute atomic E-state index is 9.40. The molecule has 4 nitrogen and oxygen atoms in total. The smallest absolute Gasteiger partial charge is 0.169 e. The van der Waals surface area contributed by atoms with Crippen LogP contribution in [0.1, 0.15) is 12.5 Å². The number of methoxy groups -OCH3 is 1. The summed E-state index contributed by atoms with van der Waals surface area (Å²) in [7, 11) is 1.43. The van der Waals surface area contributed by atoms with Crippen molar-refractivity contribution >= 4 is 0 Å². The van der Waals surface area contributed by atoms with Gasteiger partial charge in [0.05, 0.1) is 6.04 Å². The number of benzene rings is 1. The highest BCUT2D eigenvalue weighted by atomic mass is 16.6. The number of aliphatic hydroxyl groups is 1. The van der Waals surface area contributed by atoms with E-state index in [1.807, 2.05) is 24.3 Å². The van der Waals surface area contributed by atoms with E-state index >= 15 is 0 Å². The van der Waals surface area contributed by atoms with Crippen LogP contribution < -0.4 is 10.5 Å². The molecule has 0 aromatic heterocycles.